The molecule has 0 bridgehead atoms. The van der Waals surface area contributed by atoms with E-state index in [0.717, 1.165) is 32.9 Å². The summed E-state index contributed by atoms with van der Waals surface area (Å²) < 4.78 is 12.3. The second-order valence-electron chi connectivity index (χ2n) is 6.89. The second-order valence-corrected chi connectivity index (χ2v) is 7.33. The summed E-state index contributed by atoms with van der Waals surface area (Å²) in [6.45, 7) is 4.00. The third-order valence-corrected chi connectivity index (χ3v) is 5.35. The largest absolute Gasteiger partial charge is 0.449 e. The normalized spacial score (nSPS) is 11.7. The molecular formula is C26H20ClNO2. The summed E-state index contributed by atoms with van der Waals surface area (Å²) in [6.07, 6.45) is 0. The maximum Gasteiger partial charge on any atom is 0.172 e. The van der Waals surface area contributed by atoms with E-state index in [9.17, 15) is 0 Å². The molecule has 30 heavy (non-hydrogen) atoms. The molecule has 1 aromatic heterocycles. The zero-order valence-electron chi connectivity index (χ0n) is 16.7. The van der Waals surface area contributed by atoms with Crippen molar-refractivity contribution in [3.8, 4) is 34.1 Å². The van der Waals surface area contributed by atoms with E-state index >= 15 is 0 Å². The maximum absolute atomic E-state index is 6.20. The van der Waals surface area contributed by atoms with Gasteiger partial charge in [-0.25, -0.2) is 0 Å². The minimum atomic E-state index is 0.697. The highest BCUT2D eigenvalue weighted by Crippen LogP contribution is 2.48. The van der Waals surface area contributed by atoms with Gasteiger partial charge in [0.05, 0.1) is 5.52 Å². The van der Waals surface area contributed by atoms with Gasteiger partial charge in [0, 0.05) is 27.4 Å². The second kappa shape index (κ2) is 7.43. The minimum absolute atomic E-state index is 0.697. The van der Waals surface area contributed by atoms with Crippen LogP contribution < -0.4 is 9.47 Å². The Morgan fingerprint density at radius 2 is 1.30 bits per heavy atom. The summed E-state index contributed by atoms with van der Waals surface area (Å²) in [4.78, 5) is 3.42. The van der Waals surface area contributed by atoms with Crippen LogP contribution in [0.1, 0.15) is 13.8 Å². The molecule has 1 aliphatic rings. The van der Waals surface area contributed by atoms with Gasteiger partial charge in [-0.1, -0.05) is 61.8 Å². The average molecular weight is 414 g/mol. The van der Waals surface area contributed by atoms with Gasteiger partial charge in [-0.2, -0.15) is 0 Å². The van der Waals surface area contributed by atoms with E-state index < -0.39 is 0 Å². The number of fused-ring (bicyclic) bond motifs is 5. The highest BCUT2D eigenvalue weighted by molar-refractivity contribution is 6.31. The van der Waals surface area contributed by atoms with E-state index in [1.807, 2.05) is 80.6 Å². The molecule has 0 spiro atoms. The van der Waals surface area contributed by atoms with Crippen LogP contribution in [-0.4, -0.2) is 4.98 Å². The maximum atomic E-state index is 6.20. The number of aromatic amines is 1. The Balaban J connectivity index is 0.000000937. The Kier molecular flexibility index (Phi) is 4.61. The van der Waals surface area contributed by atoms with Crippen LogP contribution in [-0.2, 0) is 0 Å². The number of rotatable bonds is 1. The van der Waals surface area contributed by atoms with Gasteiger partial charge in [0.15, 0.2) is 23.0 Å². The fourth-order valence-electron chi connectivity index (χ4n) is 3.76. The number of H-pyrrole nitrogens is 1. The zero-order chi connectivity index (χ0) is 20.7. The van der Waals surface area contributed by atoms with Crippen molar-refractivity contribution in [2.24, 2.45) is 0 Å². The zero-order valence-corrected chi connectivity index (χ0v) is 17.5. The van der Waals surface area contributed by atoms with Gasteiger partial charge < -0.3 is 14.5 Å². The van der Waals surface area contributed by atoms with Crippen LogP contribution in [0.4, 0.5) is 0 Å². The summed E-state index contributed by atoms with van der Waals surface area (Å²) >= 11 is 6.18. The van der Waals surface area contributed by atoms with Crippen molar-refractivity contribution >= 4 is 33.4 Å². The summed E-state index contributed by atoms with van der Waals surface area (Å²) in [6, 6.07) is 26.1. The molecule has 0 saturated carbocycles. The van der Waals surface area contributed by atoms with E-state index in [4.69, 9.17) is 21.1 Å². The molecule has 4 heteroatoms. The number of halogens is 1. The van der Waals surface area contributed by atoms with Gasteiger partial charge in [0.1, 0.15) is 0 Å². The molecule has 0 atom stereocenters. The lowest BCUT2D eigenvalue weighted by molar-refractivity contribution is 0.360. The molecule has 0 amide bonds. The van der Waals surface area contributed by atoms with E-state index in [1.165, 1.54) is 0 Å². The highest BCUT2D eigenvalue weighted by atomic mass is 35.5. The van der Waals surface area contributed by atoms with Crippen molar-refractivity contribution in [2.45, 2.75) is 13.8 Å². The van der Waals surface area contributed by atoms with Crippen molar-refractivity contribution in [3.63, 3.8) is 0 Å². The lowest BCUT2D eigenvalue weighted by atomic mass is 10.0. The van der Waals surface area contributed by atoms with Crippen LogP contribution in [0.5, 0.6) is 23.0 Å². The van der Waals surface area contributed by atoms with Gasteiger partial charge in [-0.05, 0) is 47.5 Å². The monoisotopic (exact) mass is 413 g/mol. The summed E-state index contributed by atoms with van der Waals surface area (Å²) in [5, 5.41) is 2.84. The lowest BCUT2D eigenvalue weighted by Gasteiger charge is -2.21. The SMILES string of the molecule is CC.Clc1ccc2[nH]c3cc4c(cc3c2c1)Oc1ccc(-c2ccccc2)cc1O4. The van der Waals surface area contributed by atoms with Gasteiger partial charge in [0.25, 0.3) is 0 Å². The quantitative estimate of drug-likeness (QED) is 0.293. The van der Waals surface area contributed by atoms with Crippen LogP contribution >= 0.6 is 11.6 Å². The first-order valence-electron chi connectivity index (χ1n) is 10.0. The summed E-state index contributed by atoms with van der Waals surface area (Å²) in [7, 11) is 0. The number of aromatic nitrogens is 1. The van der Waals surface area contributed by atoms with Crippen molar-refractivity contribution in [1.82, 2.24) is 4.98 Å². The predicted molar refractivity (Wildman–Crippen MR) is 124 cm³/mol. The van der Waals surface area contributed by atoms with E-state index in [1.54, 1.807) is 0 Å². The molecule has 3 nitrogen and oxygen atoms in total. The van der Waals surface area contributed by atoms with Crippen molar-refractivity contribution < 1.29 is 9.47 Å². The molecule has 0 unspecified atom stereocenters. The Morgan fingerprint density at radius 1 is 0.600 bits per heavy atom. The van der Waals surface area contributed by atoms with Gasteiger partial charge in [-0.15, -0.1) is 0 Å². The van der Waals surface area contributed by atoms with Crippen LogP contribution in [0.15, 0.2) is 78.9 Å². The molecule has 0 fully saturated rings. The number of hydrogen-bond acceptors (Lipinski definition) is 2. The molecule has 5 aromatic rings. The van der Waals surface area contributed by atoms with E-state index in [0.29, 0.717) is 28.0 Å². The Morgan fingerprint density at radius 3 is 2.13 bits per heavy atom. The molecular weight excluding hydrogens is 394 g/mol. The fourth-order valence-corrected chi connectivity index (χ4v) is 3.93. The van der Waals surface area contributed by atoms with Crippen LogP contribution in [0, 0.1) is 0 Å². The number of hydrogen-bond donors (Lipinski definition) is 1. The van der Waals surface area contributed by atoms with Crippen molar-refractivity contribution in [1.29, 1.82) is 0 Å². The van der Waals surface area contributed by atoms with E-state index in [-0.39, 0.29) is 0 Å². The predicted octanol–water partition coefficient (Wildman–Crippen LogP) is 8.57. The van der Waals surface area contributed by atoms with Crippen LogP contribution in [0.25, 0.3) is 32.9 Å². The van der Waals surface area contributed by atoms with Crippen molar-refractivity contribution in [2.75, 3.05) is 0 Å². The van der Waals surface area contributed by atoms with Gasteiger partial charge >= 0.3 is 0 Å². The molecule has 6 rings (SSSR count). The van der Waals surface area contributed by atoms with E-state index in [2.05, 4.69) is 17.1 Å². The topological polar surface area (TPSA) is 34.2 Å². The van der Waals surface area contributed by atoms with Crippen LogP contribution in [0.3, 0.4) is 0 Å². The first-order chi connectivity index (χ1) is 14.7. The molecule has 1 aliphatic heterocycles. The molecule has 0 radical (unpaired) electrons. The molecule has 0 saturated heterocycles. The highest BCUT2D eigenvalue weighted by Gasteiger charge is 2.21. The average Bonchev–Trinajstić information content (AvgIpc) is 3.14. The molecule has 4 aromatic carbocycles. The molecule has 0 aliphatic carbocycles. The van der Waals surface area contributed by atoms with Crippen molar-refractivity contribution in [3.05, 3.63) is 83.9 Å². The lowest BCUT2D eigenvalue weighted by Crippen LogP contribution is -1.99. The first kappa shape index (κ1) is 18.6. The summed E-state index contributed by atoms with van der Waals surface area (Å²) in [5.41, 5.74) is 4.25. The van der Waals surface area contributed by atoms with Crippen LogP contribution in [0.2, 0.25) is 5.02 Å². The van der Waals surface area contributed by atoms with Gasteiger partial charge in [0.2, 0.25) is 0 Å². The summed E-state index contributed by atoms with van der Waals surface area (Å²) in [5.74, 6) is 2.83. The minimum Gasteiger partial charge on any atom is -0.449 e. The Bertz CT molecular complexity index is 1370. The number of nitrogens with one attached hydrogen (secondary N) is 1. The molecule has 148 valence electrons. The third-order valence-electron chi connectivity index (χ3n) is 5.12. The third kappa shape index (κ3) is 3.08. The smallest absolute Gasteiger partial charge is 0.172 e. The molecule has 2 heterocycles. The fraction of sp³-hybridized carbons (Fsp3) is 0.0769. The number of benzene rings is 4. The molecule has 1 N–H and O–H groups in total. The Hall–Kier alpha value is -3.43. The first-order valence-corrected chi connectivity index (χ1v) is 10.4. The Labute approximate surface area is 179 Å². The van der Waals surface area contributed by atoms with Gasteiger partial charge in [-0.3, -0.25) is 0 Å². The number of ether oxygens (including phenoxy) is 2. The standard InChI is InChI=1S/C24H14ClNO2.C2H6/c25-16-7-8-19-17(11-16)18-12-23-24(13-20(18)26-19)28-22-10-15(6-9-21(22)27-23)14-4-2-1-3-5-14;1-2/h1-13,26H;1-2H3.